The molecule has 1 aromatic heterocycles. The highest BCUT2D eigenvalue weighted by Gasteiger charge is 2.24. The average Bonchev–Trinajstić information content (AvgIpc) is 2.66. The van der Waals surface area contributed by atoms with E-state index >= 15 is 0 Å². The lowest BCUT2D eigenvalue weighted by Gasteiger charge is -2.08. The van der Waals surface area contributed by atoms with Gasteiger partial charge in [0, 0.05) is 16.7 Å². The minimum atomic E-state index is -4.16. The van der Waals surface area contributed by atoms with Crippen LogP contribution in [0.15, 0.2) is 33.9 Å². The summed E-state index contributed by atoms with van der Waals surface area (Å²) >= 11 is 2.82. The van der Waals surface area contributed by atoms with E-state index in [0.29, 0.717) is 6.07 Å². The molecule has 0 saturated carbocycles. The predicted octanol–water partition coefficient (Wildman–Crippen LogP) is 2.25. The molecule has 0 unspecified atom stereocenters. The fourth-order valence-corrected chi connectivity index (χ4v) is 3.50. The number of aromatic amines is 1. The first-order valence-corrected chi connectivity index (χ1v) is 6.84. The van der Waals surface area contributed by atoms with Crippen LogP contribution in [0, 0.1) is 11.6 Å². The summed E-state index contributed by atoms with van der Waals surface area (Å²) in [7, 11) is -4.16. The monoisotopic (exact) mass is 337 g/mol. The maximum Gasteiger partial charge on any atom is 0.266 e. The molecule has 1 heterocycles. The van der Waals surface area contributed by atoms with E-state index in [9.17, 15) is 17.2 Å². The average molecular weight is 338 g/mol. The molecule has 0 radical (unpaired) electrons. The molecule has 18 heavy (non-hydrogen) atoms. The van der Waals surface area contributed by atoms with Crippen LogP contribution in [0.25, 0.3) is 0 Å². The Balaban J connectivity index is 2.48. The summed E-state index contributed by atoms with van der Waals surface area (Å²) < 4.78 is 52.1. The van der Waals surface area contributed by atoms with Gasteiger partial charge in [-0.3, -0.25) is 9.82 Å². The second kappa shape index (κ2) is 4.65. The van der Waals surface area contributed by atoms with Crippen molar-refractivity contribution < 1.29 is 17.2 Å². The van der Waals surface area contributed by atoms with Crippen LogP contribution in [0.1, 0.15) is 0 Å². The first kappa shape index (κ1) is 13.0. The molecule has 96 valence electrons. The molecule has 0 spiro atoms. The Bertz CT molecular complexity index is 650. The summed E-state index contributed by atoms with van der Waals surface area (Å²) in [6.45, 7) is 0. The molecule has 1 aromatic carbocycles. The number of aromatic nitrogens is 2. The number of halogens is 3. The number of hydrogen-bond acceptors (Lipinski definition) is 3. The quantitative estimate of drug-likeness (QED) is 0.901. The normalized spacial score (nSPS) is 11.5. The Morgan fingerprint density at radius 3 is 2.61 bits per heavy atom. The maximum absolute atomic E-state index is 13.5. The van der Waals surface area contributed by atoms with Gasteiger partial charge in [0.15, 0.2) is 0 Å². The first-order valence-electron chi connectivity index (χ1n) is 4.56. The van der Waals surface area contributed by atoms with Gasteiger partial charge in [-0.05, 0) is 22.0 Å². The van der Waals surface area contributed by atoms with Crippen LogP contribution in [-0.2, 0) is 10.0 Å². The van der Waals surface area contributed by atoms with Crippen molar-refractivity contribution in [3.8, 4) is 0 Å². The van der Waals surface area contributed by atoms with Gasteiger partial charge >= 0.3 is 0 Å². The highest BCUT2D eigenvalue weighted by atomic mass is 79.9. The number of H-pyrrole nitrogens is 1. The second-order valence-electron chi connectivity index (χ2n) is 3.29. The van der Waals surface area contributed by atoms with E-state index < -0.39 is 26.6 Å². The van der Waals surface area contributed by atoms with E-state index in [1.54, 1.807) is 0 Å². The molecule has 0 amide bonds. The summed E-state index contributed by atoms with van der Waals surface area (Å²) in [6, 6.07) is 1.36. The Morgan fingerprint density at radius 1 is 1.33 bits per heavy atom. The third kappa shape index (κ3) is 2.51. The zero-order chi connectivity index (χ0) is 13.3. The molecule has 0 aliphatic carbocycles. The number of nitrogens with zero attached hydrogens (tertiary/aromatic N) is 1. The van der Waals surface area contributed by atoms with Gasteiger partial charge < -0.3 is 0 Å². The zero-order valence-corrected chi connectivity index (χ0v) is 11.0. The van der Waals surface area contributed by atoms with E-state index in [1.165, 1.54) is 12.4 Å². The van der Waals surface area contributed by atoms with Crippen LogP contribution in [0.4, 0.5) is 14.5 Å². The van der Waals surface area contributed by atoms with E-state index in [0.717, 1.165) is 6.07 Å². The SMILES string of the molecule is O=S(=O)(Nc1cn[nH]c1)c1c(F)cc(F)cc1Br. The smallest absolute Gasteiger partial charge is 0.266 e. The van der Waals surface area contributed by atoms with Crippen LogP contribution in [0.2, 0.25) is 0 Å². The lowest BCUT2D eigenvalue weighted by atomic mass is 10.3. The van der Waals surface area contributed by atoms with Gasteiger partial charge in [-0.2, -0.15) is 5.10 Å². The van der Waals surface area contributed by atoms with Gasteiger partial charge in [0.2, 0.25) is 0 Å². The van der Waals surface area contributed by atoms with Gasteiger partial charge in [-0.1, -0.05) is 0 Å². The van der Waals surface area contributed by atoms with Crippen molar-refractivity contribution in [2.24, 2.45) is 0 Å². The van der Waals surface area contributed by atoms with Gasteiger partial charge in [0.25, 0.3) is 10.0 Å². The van der Waals surface area contributed by atoms with Crippen LogP contribution >= 0.6 is 15.9 Å². The fraction of sp³-hybridized carbons (Fsp3) is 0. The summed E-state index contributed by atoms with van der Waals surface area (Å²) in [6.07, 6.45) is 2.50. The maximum atomic E-state index is 13.5. The van der Waals surface area contributed by atoms with Gasteiger partial charge in [0.1, 0.15) is 16.5 Å². The van der Waals surface area contributed by atoms with Gasteiger partial charge in [-0.15, -0.1) is 0 Å². The highest BCUT2D eigenvalue weighted by molar-refractivity contribution is 9.10. The predicted molar refractivity (Wildman–Crippen MR) is 63.5 cm³/mol. The van der Waals surface area contributed by atoms with E-state index in [-0.39, 0.29) is 10.2 Å². The molecule has 0 aliphatic heterocycles. The number of benzene rings is 1. The Kier molecular flexibility index (Phi) is 3.35. The van der Waals surface area contributed by atoms with Crippen LogP contribution < -0.4 is 4.72 Å². The van der Waals surface area contributed by atoms with Crippen LogP contribution in [-0.4, -0.2) is 18.6 Å². The molecule has 2 N–H and O–H groups in total. The lowest BCUT2D eigenvalue weighted by molar-refractivity contribution is 0.548. The molecule has 2 aromatic rings. The topological polar surface area (TPSA) is 74.8 Å². The van der Waals surface area contributed by atoms with Crippen molar-refractivity contribution in [3.05, 3.63) is 40.6 Å². The minimum absolute atomic E-state index is 0.144. The summed E-state index contributed by atoms with van der Waals surface area (Å²) in [5.41, 5.74) is 0.144. The second-order valence-corrected chi connectivity index (χ2v) is 5.76. The number of sulfonamides is 1. The van der Waals surface area contributed by atoms with Crippen molar-refractivity contribution in [2.75, 3.05) is 4.72 Å². The minimum Gasteiger partial charge on any atom is -0.284 e. The summed E-state index contributed by atoms with van der Waals surface area (Å²) in [4.78, 5) is -0.662. The first-order chi connectivity index (χ1) is 8.40. The number of nitrogens with one attached hydrogen (secondary N) is 2. The molecule has 9 heteroatoms. The zero-order valence-electron chi connectivity index (χ0n) is 8.62. The molecular weight excluding hydrogens is 332 g/mol. The molecule has 0 bridgehead atoms. The van der Waals surface area contributed by atoms with Crippen molar-refractivity contribution in [1.29, 1.82) is 0 Å². The Morgan fingerprint density at radius 2 is 2.06 bits per heavy atom. The molecule has 0 fully saturated rings. The third-order valence-corrected chi connectivity index (χ3v) is 4.33. The highest BCUT2D eigenvalue weighted by Crippen LogP contribution is 2.27. The van der Waals surface area contributed by atoms with Crippen molar-refractivity contribution >= 4 is 31.6 Å². The van der Waals surface area contributed by atoms with Crippen LogP contribution in [0.5, 0.6) is 0 Å². The van der Waals surface area contributed by atoms with Gasteiger partial charge in [0.05, 0.1) is 11.9 Å². The standard InChI is InChI=1S/C9H6BrF2N3O2S/c10-7-1-5(11)2-8(12)9(7)18(16,17)15-6-3-13-14-4-6/h1-4,15H,(H,13,14). The number of hydrogen-bond donors (Lipinski definition) is 2. The Labute approximate surface area is 109 Å². The molecule has 0 aliphatic rings. The van der Waals surface area contributed by atoms with E-state index in [1.807, 2.05) is 0 Å². The van der Waals surface area contributed by atoms with Gasteiger partial charge in [-0.25, -0.2) is 17.2 Å². The Hall–Kier alpha value is -1.48. The van der Waals surface area contributed by atoms with E-state index in [4.69, 9.17) is 0 Å². The van der Waals surface area contributed by atoms with Crippen LogP contribution in [0.3, 0.4) is 0 Å². The van der Waals surface area contributed by atoms with Crippen molar-refractivity contribution in [2.45, 2.75) is 4.90 Å². The largest absolute Gasteiger partial charge is 0.284 e. The molecule has 0 atom stereocenters. The molecule has 2 rings (SSSR count). The summed E-state index contributed by atoms with van der Waals surface area (Å²) in [5.74, 6) is -2.06. The molecule has 5 nitrogen and oxygen atoms in total. The fourth-order valence-electron chi connectivity index (χ4n) is 1.30. The molecule has 0 saturated heterocycles. The summed E-state index contributed by atoms with van der Waals surface area (Å²) in [5, 5.41) is 5.94. The number of anilines is 1. The van der Waals surface area contributed by atoms with Crippen molar-refractivity contribution in [3.63, 3.8) is 0 Å². The van der Waals surface area contributed by atoms with Crippen molar-refractivity contribution in [1.82, 2.24) is 10.2 Å². The molecular formula is C9H6BrF2N3O2S. The van der Waals surface area contributed by atoms with E-state index in [2.05, 4.69) is 30.8 Å². The third-order valence-electron chi connectivity index (χ3n) is 1.98. The lowest BCUT2D eigenvalue weighted by Crippen LogP contribution is -2.15. The number of rotatable bonds is 3.